The van der Waals surface area contributed by atoms with Crippen molar-refractivity contribution < 1.29 is 28.3 Å². The molecule has 0 saturated heterocycles. The van der Waals surface area contributed by atoms with Crippen molar-refractivity contribution in [1.82, 2.24) is 5.32 Å². The summed E-state index contributed by atoms with van der Waals surface area (Å²) in [5, 5.41) is 5.26. The highest BCUT2D eigenvalue weighted by Gasteiger charge is 2.11. The van der Waals surface area contributed by atoms with E-state index < -0.39 is 18.5 Å². The second-order valence-electron chi connectivity index (χ2n) is 6.50. The third-order valence-corrected chi connectivity index (χ3v) is 4.08. The molecule has 2 N–H and O–H groups in total. The molecule has 8 heteroatoms. The van der Waals surface area contributed by atoms with E-state index in [1.165, 1.54) is 6.26 Å². The quantitative estimate of drug-likeness (QED) is 0.483. The molecule has 0 aliphatic rings. The van der Waals surface area contributed by atoms with Crippen LogP contribution in [0.25, 0.3) is 0 Å². The number of furan rings is 1. The van der Waals surface area contributed by atoms with Crippen LogP contribution in [0.4, 0.5) is 5.69 Å². The Kier molecular flexibility index (Phi) is 7.82. The molecule has 0 saturated carbocycles. The Morgan fingerprint density at radius 2 is 1.55 bits per heavy atom. The predicted octanol–water partition coefficient (Wildman–Crippen LogP) is 3.65. The van der Waals surface area contributed by atoms with Crippen molar-refractivity contribution >= 4 is 23.5 Å². The molecule has 3 aromatic rings. The minimum absolute atomic E-state index is 0.0377. The van der Waals surface area contributed by atoms with Gasteiger partial charge in [0.25, 0.3) is 5.91 Å². The molecule has 160 valence electrons. The van der Waals surface area contributed by atoms with Crippen molar-refractivity contribution in [1.29, 1.82) is 0 Å². The first-order valence-corrected chi connectivity index (χ1v) is 9.66. The molecule has 3 rings (SSSR count). The van der Waals surface area contributed by atoms with Gasteiger partial charge >= 0.3 is 5.97 Å². The van der Waals surface area contributed by atoms with Crippen LogP contribution in [0, 0.1) is 0 Å². The van der Waals surface area contributed by atoms with E-state index in [4.69, 9.17) is 13.9 Å². The molecule has 0 unspecified atom stereocenters. The maximum atomic E-state index is 12.0. The summed E-state index contributed by atoms with van der Waals surface area (Å²) in [6, 6.07) is 19.6. The molecule has 0 fully saturated rings. The second kappa shape index (κ2) is 11.2. The number of rotatable bonds is 10. The Morgan fingerprint density at radius 1 is 0.806 bits per heavy atom. The predicted molar refractivity (Wildman–Crippen MR) is 112 cm³/mol. The van der Waals surface area contributed by atoms with E-state index >= 15 is 0 Å². The lowest BCUT2D eigenvalue weighted by Crippen LogP contribution is -2.24. The summed E-state index contributed by atoms with van der Waals surface area (Å²) < 4.78 is 15.7. The first-order chi connectivity index (χ1) is 15.1. The lowest BCUT2D eigenvalue weighted by Gasteiger charge is -2.09. The summed E-state index contributed by atoms with van der Waals surface area (Å²) in [5.74, 6) is 0.534. The van der Waals surface area contributed by atoms with Gasteiger partial charge in [-0.1, -0.05) is 18.2 Å². The molecular weight excluding hydrogens is 400 g/mol. The van der Waals surface area contributed by atoms with Gasteiger partial charge < -0.3 is 24.5 Å². The Balaban J connectivity index is 1.32. The van der Waals surface area contributed by atoms with Gasteiger partial charge in [0.15, 0.2) is 6.61 Å². The lowest BCUT2D eigenvalue weighted by molar-refractivity contribution is -0.148. The molecule has 0 radical (unpaired) electrons. The van der Waals surface area contributed by atoms with Crippen LogP contribution in [-0.4, -0.2) is 24.4 Å². The van der Waals surface area contributed by atoms with Crippen molar-refractivity contribution in [3.05, 3.63) is 78.8 Å². The summed E-state index contributed by atoms with van der Waals surface area (Å²) in [7, 11) is 0. The van der Waals surface area contributed by atoms with Crippen LogP contribution in [0.2, 0.25) is 0 Å². The molecular formula is C23H22N2O6. The smallest absolute Gasteiger partial charge is 0.306 e. The number of hydrogen-bond donors (Lipinski definition) is 2. The molecule has 2 aromatic carbocycles. The Bertz CT molecular complexity index is 985. The minimum atomic E-state index is -0.630. The summed E-state index contributed by atoms with van der Waals surface area (Å²) in [4.78, 5) is 35.4. The number of carbonyl (C=O) groups excluding carboxylic acids is 3. The third-order valence-electron chi connectivity index (χ3n) is 4.08. The van der Waals surface area contributed by atoms with Gasteiger partial charge in [-0.05, 0) is 48.5 Å². The fourth-order valence-electron chi connectivity index (χ4n) is 2.55. The molecule has 0 bridgehead atoms. The topological polar surface area (TPSA) is 107 Å². The standard InChI is InChI=1S/C23H22N2O6/c26-21(24-15-20-7-4-14-29-20)12-13-23(28)30-16-22(27)25-17-8-10-19(11-9-17)31-18-5-2-1-3-6-18/h1-11,14H,12-13,15-16H2,(H,24,26)(H,25,27). The molecule has 0 spiro atoms. The molecule has 2 amide bonds. The molecule has 0 aliphatic carbocycles. The van der Waals surface area contributed by atoms with E-state index in [0.29, 0.717) is 22.9 Å². The monoisotopic (exact) mass is 422 g/mol. The number of carbonyl (C=O) groups is 3. The van der Waals surface area contributed by atoms with Gasteiger partial charge in [0.2, 0.25) is 5.91 Å². The fraction of sp³-hybridized carbons (Fsp3) is 0.174. The largest absolute Gasteiger partial charge is 0.467 e. The van der Waals surface area contributed by atoms with E-state index in [-0.39, 0.29) is 25.3 Å². The van der Waals surface area contributed by atoms with E-state index in [0.717, 1.165) is 0 Å². The molecule has 0 aliphatic heterocycles. The average Bonchev–Trinajstić information content (AvgIpc) is 3.31. The lowest BCUT2D eigenvalue weighted by atomic mass is 10.3. The van der Waals surface area contributed by atoms with Crippen LogP contribution in [0.1, 0.15) is 18.6 Å². The molecule has 1 aromatic heterocycles. The summed E-state index contributed by atoms with van der Waals surface area (Å²) >= 11 is 0. The molecule has 0 atom stereocenters. The van der Waals surface area contributed by atoms with Crippen LogP contribution < -0.4 is 15.4 Å². The summed E-state index contributed by atoms with van der Waals surface area (Å²) in [5.41, 5.74) is 0.541. The fourth-order valence-corrected chi connectivity index (χ4v) is 2.55. The number of anilines is 1. The summed E-state index contributed by atoms with van der Waals surface area (Å²) in [6.07, 6.45) is 1.35. The molecule has 31 heavy (non-hydrogen) atoms. The van der Waals surface area contributed by atoms with Gasteiger partial charge in [0, 0.05) is 12.1 Å². The SMILES string of the molecule is O=C(CCC(=O)OCC(=O)Nc1ccc(Oc2ccccc2)cc1)NCc1ccco1. The normalized spacial score (nSPS) is 10.2. The van der Waals surface area contributed by atoms with E-state index in [1.807, 2.05) is 30.3 Å². The number of benzene rings is 2. The van der Waals surface area contributed by atoms with Crippen molar-refractivity contribution in [3.63, 3.8) is 0 Å². The van der Waals surface area contributed by atoms with Crippen LogP contribution >= 0.6 is 0 Å². The number of nitrogens with one attached hydrogen (secondary N) is 2. The number of esters is 1. The number of hydrogen-bond acceptors (Lipinski definition) is 6. The van der Waals surface area contributed by atoms with Crippen molar-refractivity contribution in [2.24, 2.45) is 0 Å². The van der Waals surface area contributed by atoms with Gasteiger partial charge in [-0.3, -0.25) is 14.4 Å². The minimum Gasteiger partial charge on any atom is -0.467 e. The van der Waals surface area contributed by atoms with Crippen LogP contribution in [-0.2, 0) is 25.7 Å². The van der Waals surface area contributed by atoms with Gasteiger partial charge in [0.05, 0.1) is 19.2 Å². The maximum Gasteiger partial charge on any atom is 0.306 e. The zero-order valence-corrected chi connectivity index (χ0v) is 16.7. The third kappa shape index (κ3) is 7.69. The zero-order chi connectivity index (χ0) is 21.9. The Morgan fingerprint density at radius 3 is 2.26 bits per heavy atom. The van der Waals surface area contributed by atoms with Gasteiger partial charge in [0.1, 0.15) is 17.3 Å². The average molecular weight is 422 g/mol. The highest BCUT2D eigenvalue weighted by atomic mass is 16.5. The van der Waals surface area contributed by atoms with Gasteiger partial charge in [-0.15, -0.1) is 0 Å². The molecule has 8 nitrogen and oxygen atoms in total. The molecule has 1 heterocycles. The first-order valence-electron chi connectivity index (χ1n) is 9.66. The zero-order valence-electron chi connectivity index (χ0n) is 16.7. The highest BCUT2D eigenvalue weighted by molar-refractivity contribution is 5.93. The Labute approximate surface area is 179 Å². The summed E-state index contributed by atoms with van der Waals surface area (Å²) in [6.45, 7) is -0.187. The van der Waals surface area contributed by atoms with E-state index in [1.54, 1.807) is 36.4 Å². The van der Waals surface area contributed by atoms with E-state index in [2.05, 4.69) is 10.6 Å². The van der Waals surface area contributed by atoms with Crippen LogP contribution in [0.15, 0.2) is 77.4 Å². The van der Waals surface area contributed by atoms with Crippen molar-refractivity contribution in [2.45, 2.75) is 19.4 Å². The van der Waals surface area contributed by atoms with Crippen LogP contribution in [0.5, 0.6) is 11.5 Å². The van der Waals surface area contributed by atoms with E-state index in [9.17, 15) is 14.4 Å². The Hall–Kier alpha value is -4.07. The van der Waals surface area contributed by atoms with Gasteiger partial charge in [-0.25, -0.2) is 0 Å². The number of para-hydroxylation sites is 1. The highest BCUT2D eigenvalue weighted by Crippen LogP contribution is 2.22. The number of ether oxygens (including phenoxy) is 2. The van der Waals surface area contributed by atoms with Crippen molar-refractivity contribution in [3.8, 4) is 11.5 Å². The van der Waals surface area contributed by atoms with Crippen molar-refractivity contribution in [2.75, 3.05) is 11.9 Å². The first kappa shape index (κ1) is 21.6. The second-order valence-corrected chi connectivity index (χ2v) is 6.50. The number of amides is 2. The maximum absolute atomic E-state index is 12.0. The van der Waals surface area contributed by atoms with Crippen LogP contribution in [0.3, 0.4) is 0 Å². The van der Waals surface area contributed by atoms with Gasteiger partial charge in [-0.2, -0.15) is 0 Å².